The average molecular weight is 241 g/mol. The van der Waals surface area contributed by atoms with Crippen LogP contribution in [0, 0.1) is 5.92 Å². The van der Waals surface area contributed by atoms with Crippen molar-refractivity contribution in [2.75, 3.05) is 13.2 Å². The second-order valence-electron chi connectivity index (χ2n) is 5.44. The molecule has 1 rings (SSSR count). The summed E-state index contributed by atoms with van der Waals surface area (Å²) in [6.07, 6.45) is 9.45. The Labute approximate surface area is 108 Å². The first-order chi connectivity index (χ1) is 8.30. The van der Waals surface area contributed by atoms with Gasteiger partial charge < -0.3 is 10.1 Å². The second-order valence-corrected chi connectivity index (χ2v) is 5.44. The van der Waals surface area contributed by atoms with E-state index < -0.39 is 0 Å². The highest BCUT2D eigenvalue weighted by molar-refractivity contribution is 4.77. The lowest BCUT2D eigenvalue weighted by molar-refractivity contribution is 0.0912. The largest absolute Gasteiger partial charge is 0.378 e. The maximum atomic E-state index is 5.77. The van der Waals surface area contributed by atoms with E-state index >= 15 is 0 Å². The third kappa shape index (κ3) is 5.87. The van der Waals surface area contributed by atoms with Crippen LogP contribution in [-0.4, -0.2) is 25.3 Å². The number of hydrogen-bond acceptors (Lipinski definition) is 2. The molecule has 1 saturated heterocycles. The molecule has 0 spiro atoms. The Morgan fingerprint density at radius 1 is 1.24 bits per heavy atom. The van der Waals surface area contributed by atoms with Crippen molar-refractivity contribution in [1.82, 2.24) is 5.32 Å². The van der Waals surface area contributed by atoms with Crippen LogP contribution < -0.4 is 5.32 Å². The van der Waals surface area contributed by atoms with Crippen LogP contribution in [0.1, 0.15) is 65.7 Å². The van der Waals surface area contributed by atoms with Gasteiger partial charge in [-0.15, -0.1) is 0 Å². The van der Waals surface area contributed by atoms with Gasteiger partial charge in [-0.25, -0.2) is 0 Å². The van der Waals surface area contributed by atoms with Gasteiger partial charge in [0, 0.05) is 12.6 Å². The molecule has 2 nitrogen and oxygen atoms in total. The zero-order chi connectivity index (χ0) is 12.5. The lowest BCUT2D eigenvalue weighted by Crippen LogP contribution is -2.35. The summed E-state index contributed by atoms with van der Waals surface area (Å²) in [5.41, 5.74) is 0. The van der Waals surface area contributed by atoms with E-state index in [0.29, 0.717) is 12.1 Å². The molecule has 0 saturated carbocycles. The van der Waals surface area contributed by atoms with Crippen LogP contribution >= 0.6 is 0 Å². The molecular weight excluding hydrogens is 210 g/mol. The molecular formula is C15H31NO. The van der Waals surface area contributed by atoms with Crippen LogP contribution in [-0.2, 0) is 4.74 Å². The van der Waals surface area contributed by atoms with E-state index in [1.807, 2.05) is 0 Å². The first kappa shape index (κ1) is 15.0. The van der Waals surface area contributed by atoms with Gasteiger partial charge in [0.15, 0.2) is 0 Å². The predicted octanol–water partition coefficient (Wildman–Crippen LogP) is 3.75. The Morgan fingerprint density at radius 2 is 2.00 bits per heavy atom. The molecule has 1 aliphatic rings. The van der Waals surface area contributed by atoms with Gasteiger partial charge >= 0.3 is 0 Å². The van der Waals surface area contributed by atoms with E-state index in [1.54, 1.807) is 0 Å². The van der Waals surface area contributed by atoms with Crippen molar-refractivity contribution in [2.45, 2.75) is 77.9 Å². The summed E-state index contributed by atoms with van der Waals surface area (Å²) in [6, 6.07) is 0.669. The van der Waals surface area contributed by atoms with Crippen molar-refractivity contribution in [3.63, 3.8) is 0 Å². The zero-order valence-electron chi connectivity index (χ0n) is 12.0. The van der Waals surface area contributed by atoms with Crippen molar-refractivity contribution in [3.8, 4) is 0 Å². The molecule has 0 radical (unpaired) electrons. The quantitative estimate of drug-likeness (QED) is 0.664. The maximum absolute atomic E-state index is 5.77. The summed E-state index contributed by atoms with van der Waals surface area (Å²) in [4.78, 5) is 0. The first-order valence-electron chi connectivity index (χ1n) is 7.65. The van der Waals surface area contributed by atoms with Crippen LogP contribution in [0.4, 0.5) is 0 Å². The Hall–Kier alpha value is -0.0800. The van der Waals surface area contributed by atoms with Crippen LogP contribution in [0.3, 0.4) is 0 Å². The van der Waals surface area contributed by atoms with Crippen LogP contribution in [0.5, 0.6) is 0 Å². The third-order valence-electron chi connectivity index (χ3n) is 4.03. The van der Waals surface area contributed by atoms with E-state index in [-0.39, 0.29) is 0 Å². The van der Waals surface area contributed by atoms with E-state index in [0.717, 1.165) is 19.1 Å². The van der Waals surface area contributed by atoms with Crippen molar-refractivity contribution in [1.29, 1.82) is 0 Å². The molecule has 0 aliphatic carbocycles. The molecule has 0 amide bonds. The Morgan fingerprint density at radius 3 is 2.53 bits per heavy atom. The third-order valence-corrected chi connectivity index (χ3v) is 4.03. The van der Waals surface area contributed by atoms with Crippen molar-refractivity contribution >= 4 is 0 Å². The molecule has 0 aromatic rings. The Balaban J connectivity index is 2.34. The second kappa shape index (κ2) is 8.93. The minimum Gasteiger partial charge on any atom is -0.378 e. The monoisotopic (exact) mass is 241 g/mol. The number of hydrogen-bond donors (Lipinski definition) is 1. The first-order valence-corrected chi connectivity index (χ1v) is 7.65. The van der Waals surface area contributed by atoms with Gasteiger partial charge in [-0.3, -0.25) is 0 Å². The van der Waals surface area contributed by atoms with Crippen LogP contribution in [0.15, 0.2) is 0 Å². The molecule has 102 valence electrons. The van der Waals surface area contributed by atoms with Crippen molar-refractivity contribution < 1.29 is 4.74 Å². The Bertz CT molecular complexity index is 170. The lowest BCUT2D eigenvalue weighted by Gasteiger charge is -2.25. The highest BCUT2D eigenvalue weighted by atomic mass is 16.5. The highest BCUT2D eigenvalue weighted by Gasteiger charge is 2.22. The highest BCUT2D eigenvalue weighted by Crippen LogP contribution is 2.22. The molecule has 1 N–H and O–H groups in total. The fraction of sp³-hybridized carbons (Fsp3) is 1.00. The van der Waals surface area contributed by atoms with E-state index in [4.69, 9.17) is 4.74 Å². The molecule has 1 fully saturated rings. The smallest absolute Gasteiger partial charge is 0.0590 e. The topological polar surface area (TPSA) is 21.3 Å². The fourth-order valence-corrected chi connectivity index (χ4v) is 2.78. The van der Waals surface area contributed by atoms with Gasteiger partial charge in [-0.1, -0.05) is 33.6 Å². The van der Waals surface area contributed by atoms with Crippen LogP contribution in [0.25, 0.3) is 0 Å². The average Bonchev–Trinajstić information content (AvgIpc) is 2.85. The van der Waals surface area contributed by atoms with Gasteiger partial charge in [0.1, 0.15) is 0 Å². The van der Waals surface area contributed by atoms with Gasteiger partial charge in [-0.2, -0.15) is 0 Å². The Kier molecular flexibility index (Phi) is 7.87. The molecule has 0 aromatic heterocycles. The molecule has 1 heterocycles. The summed E-state index contributed by atoms with van der Waals surface area (Å²) < 4.78 is 5.77. The molecule has 2 heteroatoms. The van der Waals surface area contributed by atoms with E-state index in [1.165, 1.54) is 44.9 Å². The summed E-state index contributed by atoms with van der Waals surface area (Å²) in [7, 11) is 0. The van der Waals surface area contributed by atoms with Crippen molar-refractivity contribution in [2.24, 2.45) is 5.92 Å². The van der Waals surface area contributed by atoms with Crippen LogP contribution in [0.2, 0.25) is 0 Å². The number of nitrogens with one attached hydrogen (secondary N) is 1. The van der Waals surface area contributed by atoms with Gasteiger partial charge in [-0.05, 0) is 44.6 Å². The summed E-state index contributed by atoms with van der Waals surface area (Å²) >= 11 is 0. The molecule has 0 aromatic carbocycles. The lowest BCUT2D eigenvalue weighted by atomic mass is 9.91. The maximum Gasteiger partial charge on any atom is 0.0590 e. The zero-order valence-corrected chi connectivity index (χ0v) is 12.0. The van der Waals surface area contributed by atoms with E-state index in [2.05, 4.69) is 26.1 Å². The normalized spacial score (nSPS) is 22.2. The predicted molar refractivity (Wildman–Crippen MR) is 74.4 cm³/mol. The summed E-state index contributed by atoms with van der Waals surface area (Å²) in [5, 5.41) is 3.72. The van der Waals surface area contributed by atoms with Crippen molar-refractivity contribution in [3.05, 3.63) is 0 Å². The SMILES string of the molecule is CCCNC(CC(CC)CC)CC1CCCO1. The summed E-state index contributed by atoms with van der Waals surface area (Å²) in [6.45, 7) is 9.01. The van der Waals surface area contributed by atoms with Gasteiger partial charge in [0.2, 0.25) is 0 Å². The molecule has 17 heavy (non-hydrogen) atoms. The molecule has 2 atom stereocenters. The molecule has 0 bridgehead atoms. The molecule has 1 aliphatic heterocycles. The minimum atomic E-state index is 0.527. The number of ether oxygens (including phenoxy) is 1. The standard InChI is InChI=1S/C15H31NO/c1-4-9-16-14(11-13(5-2)6-3)12-15-8-7-10-17-15/h13-16H,4-12H2,1-3H3. The van der Waals surface area contributed by atoms with Gasteiger partial charge in [0.25, 0.3) is 0 Å². The fourth-order valence-electron chi connectivity index (χ4n) is 2.78. The molecule has 2 unspecified atom stereocenters. The van der Waals surface area contributed by atoms with E-state index in [9.17, 15) is 0 Å². The minimum absolute atomic E-state index is 0.527. The number of rotatable bonds is 9. The summed E-state index contributed by atoms with van der Waals surface area (Å²) in [5.74, 6) is 0.880. The van der Waals surface area contributed by atoms with Gasteiger partial charge in [0.05, 0.1) is 6.10 Å².